The molecule has 0 aliphatic rings. The number of halogens is 1. The molecule has 0 aliphatic heterocycles. The van der Waals surface area contributed by atoms with Gasteiger partial charge in [-0.25, -0.2) is 4.79 Å². The molecule has 2 aromatic heterocycles. The van der Waals surface area contributed by atoms with Crippen molar-refractivity contribution >= 4 is 28.7 Å². The lowest BCUT2D eigenvalue weighted by molar-refractivity contribution is 0.0697. The minimum atomic E-state index is -0.994. The van der Waals surface area contributed by atoms with Crippen molar-refractivity contribution < 1.29 is 18.8 Å². The van der Waals surface area contributed by atoms with Crippen molar-refractivity contribution in [2.75, 3.05) is 0 Å². The van der Waals surface area contributed by atoms with E-state index >= 15 is 0 Å². The highest BCUT2D eigenvalue weighted by Crippen LogP contribution is 2.34. The van der Waals surface area contributed by atoms with Gasteiger partial charge in [0.05, 0.1) is 5.56 Å². The molecule has 2 aromatic carbocycles. The van der Waals surface area contributed by atoms with Gasteiger partial charge in [0.15, 0.2) is 0 Å². The molecule has 0 amide bonds. The molecule has 8 heteroatoms. The van der Waals surface area contributed by atoms with E-state index in [1.54, 1.807) is 25.1 Å². The number of hydrogen-bond donors (Lipinski definition) is 1. The van der Waals surface area contributed by atoms with Crippen LogP contribution in [-0.4, -0.2) is 26.4 Å². The molecule has 29 heavy (non-hydrogen) atoms. The van der Waals surface area contributed by atoms with E-state index < -0.39 is 5.97 Å². The second-order valence-corrected chi connectivity index (χ2v) is 6.57. The van der Waals surface area contributed by atoms with Gasteiger partial charge in [-0.05, 0) is 30.7 Å². The third kappa shape index (κ3) is 3.81. The number of carbonyl (C=O) groups is 1. The zero-order valence-corrected chi connectivity index (χ0v) is 15.9. The van der Waals surface area contributed by atoms with Gasteiger partial charge in [0.2, 0.25) is 0 Å². The summed E-state index contributed by atoms with van der Waals surface area (Å²) in [6, 6.07) is 15.8. The van der Waals surface area contributed by atoms with E-state index in [-0.39, 0.29) is 22.4 Å². The van der Waals surface area contributed by atoms with E-state index in [0.717, 1.165) is 5.56 Å². The third-order valence-electron chi connectivity index (χ3n) is 4.20. The number of rotatable bonds is 5. The Kier molecular flexibility index (Phi) is 4.97. The summed E-state index contributed by atoms with van der Waals surface area (Å²) >= 11 is 6.32. The zero-order valence-electron chi connectivity index (χ0n) is 15.2. The topological polar surface area (TPSA) is 102 Å². The van der Waals surface area contributed by atoms with Gasteiger partial charge in [0, 0.05) is 5.56 Å². The quantitative estimate of drug-likeness (QED) is 0.488. The van der Waals surface area contributed by atoms with Gasteiger partial charge in [0.25, 0.3) is 11.8 Å². The average molecular weight is 408 g/mol. The molecule has 0 fully saturated rings. The highest BCUT2D eigenvalue weighted by molar-refractivity contribution is 6.50. The minimum Gasteiger partial charge on any atom is -0.478 e. The first-order chi connectivity index (χ1) is 14.0. The molecule has 4 aromatic rings. The highest BCUT2D eigenvalue weighted by atomic mass is 35.5. The number of carboxylic acid groups (broad SMARTS) is 1. The van der Waals surface area contributed by atoms with E-state index in [1.807, 2.05) is 30.3 Å². The average Bonchev–Trinajstić information content (AvgIpc) is 3.35. The number of aryl methyl sites for hydroxylation is 1. The molecule has 0 spiro atoms. The molecule has 0 saturated carbocycles. The molecule has 2 heterocycles. The zero-order chi connectivity index (χ0) is 20.4. The van der Waals surface area contributed by atoms with Crippen molar-refractivity contribution in [3.8, 4) is 22.7 Å². The lowest BCUT2D eigenvalue weighted by atomic mass is 10.1. The maximum atomic E-state index is 10.9. The van der Waals surface area contributed by atoms with Crippen LogP contribution in [0.2, 0.25) is 0 Å². The molecule has 0 bridgehead atoms. The first kappa shape index (κ1) is 18.6. The Morgan fingerprint density at radius 1 is 1.07 bits per heavy atom. The summed E-state index contributed by atoms with van der Waals surface area (Å²) < 4.78 is 11.1. The SMILES string of the molecule is Cc1onc(-c2ccccc2)c1-c1nnc(/C(Cl)=C/c2ccc(C(=O)O)cc2)o1. The fraction of sp³-hybridized carbons (Fsp3) is 0.0476. The molecule has 7 nitrogen and oxygen atoms in total. The van der Waals surface area contributed by atoms with Crippen LogP contribution >= 0.6 is 11.6 Å². The van der Waals surface area contributed by atoms with Gasteiger partial charge in [0.1, 0.15) is 22.0 Å². The van der Waals surface area contributed by atoms with Crippen LogP contribution in [0.25, 0.3) is 33.8 Å². The fourth-order valence-corrected chi connectivity index (χ4v) is 2.97. The van der Waals surface area contributed by atoms with Gasteiger partial charge in [-0.15, -0.1) is 10.2 Å². The van der Waals surface area contributed by atoms with E-state index in [4.69, 9.17) is 25.6 Å². The Balaban J connectivity index is 1.65. The Bertz CT molecular complexity index is 1190. The predicted molar refractivity (Wildman–Crippen MR) is 107 cm³/mol. The largest absolute Gasteiger partial charge is 0.478 e. The monoisotopic (exact) mass is 407 g/mol. The predicted octanol–water partition coefficient (Wildman–Crippen LogP) is 5.14. The third-order valence-corrected chi connectivity index (χ3v) is 4.47. The number of hydrogen-bond acceptors (Lipinski definition) is 6. The molecule has 0 radical (unpaired) electrons. The van der Waals surface area contributed by atoms with Crippen molar-refractivity contribution in [3.63, 3.8) is 0 Å². The number of nitrogens with zero attached hydrogens (tertiary/aromatic N) is 3. The van der Waals surface area contributed by atoms with Gasteiger partial charge in [-0.2, -0.15) is 0 Å². The summed E-state index contributed by atoms with van der Waals surface area (Å²) in [4.78, 5) is 10.9. The maximum absolute atomic E-state index is 10.9. The first-order valence-electron chi connectivity index (χ1n) is 8.59. The fourth-order valence-electron chi connectivity index (χ4n) is 2.77. The van der Waals surface area contributed by atoms with Crippen molar-refractivity contribution in [2.24, 2.45) is 0 Å². The number of aromatic nitrogens is 3. The second kappa shape index (κ2) is 7.73. The minimum absolute atomic E-state index is 0.128. The number of aromatic carboxylic acids is 1. The van der Waals surface area contributed by atoms with Gasteiger partial charge >= 0.3 is 5.97 Å². The molecule has 0 saturated heterocycles. The Morgan fingerprint density at radius 2 is 1.79 bits per heavy atom. The van der Waals surface area contributed by atoms with Crippen molar-refractivity contribution in [1.29, 1.82) is 0 Å². The van der Waals surface area contributed by atoms with Crippen LogP contribution in [0.5, 0.6) is 0 Å². The maximum Gasteiger partial charge on any atom is 0.335 e. The van der Waals surface area contributed by atoms with Crippen LogP contribution in [0.15, 0.2) is 63.5 Å². The van der Waals surface area contributed by atoms with E-state index in [1.165, 1.54) is 12.1 Å². The van der Waals surface area contributed by atoms with Crippen molar-refractivity contribution in [2.45, 2.75) is 6.92 Å². The summed E-state index contributed by atoms with van der Waals surface area (Å²) in [5, 5.41) is 21.4. The van der Waals surface area contributed by atoms with Crippen LogP contribution in [0.4, 0.5) is 0 Å². The molecule has 0 atom stereocenters. The number of benzene rings is 2. The summed E-state index contributed by atoms with van der Waals surface area (Å²) in [6.07, 6.45) is 1.61. The summed E-state index contributed by atoms with van der Waals surface area (Å²) in [5.74, 6) is -0.0798. The van der Waals surface area contributed by atoms with Gasteiger partial charge in [-0.1, -0.05) is 59.2 Å². The Hall–Kier alpha value is -3.71. The van der Waals surface area contributed by atoms with E-state index in [9.17, 15) is 4.79 Å². The van der Waals surface area contributed by atoms with Crippen LogP contribution in [0.3, 0.4) is 0 Å². The van der Waals surface area contributed by atoms with Crippen molar-refractivity contribution in [3.05, 3.63) is 77.4 Å². The van der Waals surface area contributed by atoms with Crippen LogP contribution in [-0.2, 0) is 0 Å². The van der Waals surface area contributed by atoms with Crippen LogP contribution < -0.4 is 0 Å². The number of carboxylic acids is 1. The standard InChI is InChI=1S/C21H14ClN3O4/c1-12-17(18(25-29-12)14-5-3-2-4-6-14)20-24-23-19(28-20)16(22)11-13-7-9-15(10-8-13)21(26)27/h2-11H,1H3,(H,26,27)/b16-11-. The molecule has 0 aliphatic carbocycles. The second-order valence-electron chi connectivity index (χ2n) is 6.16. The molecular formula is C21H14ClN3O4. The molecule has 1 N–H and O–H groups in total. The Morgan fingerprint density at radius 3 is 2.48 bits per heavy atom. The highest BCUT2D eigenvalue weighted by Gasteiger charge is 2.22. The molecular weight excluding hydrogens is 394 g/mol. The van der Waals surface area contributed by atoms with Crippen molar-refractivity contribution in [1.82, 2.24) is 15.4 Å². The molecule has 0 unspecified atom stereocenters. The summed E-state index contributed by atoms with van der Waals surface area (Å²) in [7, 11) is 0. The van der Waals surface area contributed by atoms with Gasteiger partial charge < -0.3 is 14.0 Å². The first-order valence-corrected chi connectivity index (χ1v) is 8.97. The van der Waals surface area contributed by atoms with E-state index in [0.29, 0.717) is 22.6 Å². The van der Waals surface area contributed by atoms with E-state index in [2.05, 4.69) is 15.4 Å². The summed E-state index contributed by atoms with van der Waals surface area (Å²) in [6.45, 7) is 1.76. The van der Waals surface area contributed by atoms with Crippen LogP contribution in [0.1, 0.15) is 27.6 Å². The lowest BCUT2D eigenvalue weighted by Crippen LogP contribution is -1.94. The normalized spacial score (nSPS) is 11.6. The van der Waals surface area contributed by atoms with Crippen LogP contribution in [0, 0.1) is 6.92 Å². The summed E-state index contributed by atoms with van der Waals surface area (Å²) in [5.41, 5.74) is 2.95. The molecule has 144 valence electrons. The van der Waals surface area contributed by atoms with Gasteiger partial charge in [-0.3, -0.25) is 0 Å². The lowest BCUT2D eigenvalue weighted by Gasteiger charge is -1.98. The Labute approximate surface area is 170 Å². The smallest absolute Gasteiger partial charge is 0.335 e. The molecule has 4 rings (SSSR count).